The van der Waals surface area contributed by atoms with E-state index in [-0.39, 0.29) is 18.0 Å². The Morgan fingerprint density at radius 2 is 2.07 bits per heavy atom. The Bertz CT molecular complexity index is 908. The fourth-order valence-corrected chi connectivity index (χ4v) is 3.51. The van der Waals surface area contributed by atoms with Gasteiger partial charge in [0.1, 0.15) is 5.82 Å². The predicted octanol–water partition coefficient (Wildman–Crippen LogP) is 1.92. The first-order chi connectivity index (χ1) is 12.7. The van der Waals surface area contributed by atoms with Crippen molar-refractivity contribution >= 4 is 21.7 Å². The molecule has 1 aromatic heterocycles. The van der Waals surface area contributed by atoms with Crippen LogP contribution in [0.3, 0.4) is 0 Å². The molecule has 0 unspecified atom stereocenters. The summed E-state index contributed by atoms with van der Waals surface area (Å²) < 4.78 is 42.4. The van der Waals surface area contributed by atoms with Crippen molar-refractivity contribution in [3.8, 4) is 0 Å². The summed E-state index contributed by atoms with van der Waals surface area (Å²) in [5, 5.41) is 3.04. The van der Waals surface area contributed by atoms with Crippen LogP contribution in [0.4, 0.5) is 10.1 Å². The molecular weight excluding hydrogens is 369 g/mol. The van der Waals surface area contributed by atoms with Gasteiger partial charge in [0.05, 0.1) is 18.0 Å². The third-order valence-corrected chi connectivity index (χ3v) is 5.41. The summed E-state index contributed by atoms with van der Waals surface area (Å²) in [7, 11) is 1.88. The molecule has 0 bridgehead atoms. The summed E-state index contributed by atoms with van der Waals surface area (Å²) >= 11 is 0. The molecular formula is C18H26FN5O2S. The molecule has 0 radical (unpaired) electrons. The summed E-state index contributed by atoms with van der Waals surface area (Å²) in [6.45, 7) is 2.43. The van der Waals surface area contributed by atoms with Crippen LogP contribution in [0.25, 0.3) is 0 Å². The molecule has 0 saturated heterocycles. The van der Waals surface area contributed by atoms with E-state index in [2.05, 4.69) is 15.0 Å². The first-order valence-corrected chi connectivity index (χ1v) is 10.2. The molecule has 0 atom stereocenters. The van der Waals surface area contributed by atoms with Crippen LogP contribution in [-0.2, 0) is 23.6 Å². The monoisotopic (exact) mass is 395 g/mol. The number of aliphatic imine (C=N–C) groups is 1. The van der Waals surface area contributed by atoms with Crippen LogP contribution in [0.1, 0.15) is 11.3 Å². The van der Waals surface area contributed by atoms with Crippen molar-refractivity contribution in [2.24, 2.45) is 12.0 Å². The van der Waals surface area contributed by atoms with Crippen molar-refractivity contribution in [1.82, 2.24) is 14.8 Å². The number of benzene rings is 1. The van der Waals surface area contributed by atoms with E-state index in [4.69, 9.17) is 0 Å². The molecule has 27 heavy (non-hydrogen) atoms. The Kier molecular flexibility index (Phi) is 6.84. The number of hydrogen-bond acceptors (Lipinski definition) is 3. The molecule has 1 heterocycles. The van der Waals surface area contributed by atoms with Crippen LogP contribution in [0, 0.1) is 12.7 Å². The molecule has 148 valence electrons. The fraction of sp³-hybridized carbons (Fsp3) is 0.389. The van der Waals surface area contributed by atoms with E-state index in [1.54, 1.807) is 14.0 Å². The quantitative estimate of drug-likeness (QED) is 0.555. The Morgan fingerprint density at radius 3 is 2.67 bits per heavy atom. The minimum Gasteiger partial charge on any atom is -0.355 e. The first kappa shape index (κ1) is 20.8. The SMILES string of the molecule is CN=C(NCCS(=O)(=O)Nc1ccc(C)c(F)c1)N(C)Cc1cccn1C. The molecule has 1 aromatic carbocycles. The van der Waals surface area contributed by atoms with E-state index in [0.717, 1.165) is 5.69 Å². The topological polar surface area (TPSA) is 78.7 Å². The van der Waals surface area contributed by atoms with Gasteiger partial charge in [-0.05, 0) is 36.8 Å². The van der Waals surface area contributed by atoms with Crippen LogP contribution in [0.2, 0.25) is 0 Å². The van der Waals surface area contributed by atoms with Gasteiger partial charge in [0.15, 0.2) is 5.96 Å². The van der Waals surface area contributed by atoms with Crippen molar-refractivity contribution in [2.45, 2.75) is 13.5 Å². The van der Waals surface area contributed by atoms with Crippen molar-refractivity contribution in [3.63, 3.8) is 0 Å². The molecule has 0 aliphatic carbocycles. The second-order valence-electron chi connectivity index (χ2n) is 6.33. The number of nitrogens with zero attached hydrogens (tertiary/aromatic N) is 3. The van der Waals surface area contributed by atoms with Crippen LogP contribution in [0.15, 0.2) is 41.5 Å². The Balaban J connectivity index is 1.88. The number of nitrogens with one attached hydrogen (secondary N) is 2. The lowest BCUT2D eigenvalue weighted by Gasteiger charge is -2.22. The summed E-state index contributed by atoms with van der Waals surface area (Å²) in [5.41, 5.74) is 1.78. The molecule has 0 aliphatic rings. The Hall–Kier alpha value is -2.55. The number of aromatic nitrogens is 1. The molecule has 0 aliphatic heterocycles. The highest BCUT2D eigenvalue weighted by molar-refractivity contribution is 7.92. The van der Waals surface area contributed by atoms with Gasteiger partial charge >= 0.3 is 0 Å². The Labute approximate surface area is 160 Å². The molecule has 0 spiro atoms. The zero-order valence-electron chi connectivity index (χ0n) is 16.0. The number of aryl methyl sites for hydroxylation is 2. The number of halogens is 1. The standard InChI is InChI=1S/C18H26FN5O2S/c1-14-7-8-15(12-17(14)19)22-27(25,26)11-9-21-18(20-2)24(4)13-16-6-5-10-23(16)3/h5-8,10,12,22H,9,11,13H2,1-4H3,(H,20,21). The number of sulfonamides is 1. The van der Waals surface area contributed by atoms with Gasteiger partial charge in [0.2, 0.25) is 10.0 Å². The number of guanidine groups is 1. The highest BCUT2D eigenvalue weighted by Crippen LogP contribution is 2.14. The van der Waals surface area contributed by atoms with Gasteiger partial charge in [-0.25, -0.2) is 12.8 Å². The molecule has 9 heteroatoms. The van der Waals surface area contributed by atoms with Gasteiger partial charge in [0, 0.05) is 39.6 Å². The zero-order valence-corrected chi connectivity index (χ0v) is 16.8. The lowest BCUT2D eigenvalue weighted by molar-refractivity contribution is 0.463. The van der Waals surface area contributed by atoms with Crippen LogP contribution in [-0.4, -0.2) is 50.2 Å². The third kappa shape index (κ3) is 5.99. The molecule has 0 saturated carbocycles. The van der Waals surface area contributed by atoms with Crippen molar-refractivity contribution in [3.05, 3.63) is 53.6 Å². The Morgan fingerprint density at radius 1 is 1.33 bits per heavy atom. The van der Waals surface area contributed by atoms with E-state index in [9.17, 15) is 12.8 Å². The van der Waals surface area contributed by atoms with E-state index in [0.29, 0.717) is 18.1 Å². The number of anilines is 1. The van der Waals surface area contributed by atoms with Crippen LogP contribution in [0.5, 0.6) is 0 Å². The van der Waals surface area contributed by atoms with Gasteiger partial charge in [-0.3, -0.25) is 9.71 Å². The predicted molar refractivity (Wildman–Crippen MR) is 107 cm³/mol. The maximum atomic E-state index is 13.6. The van der Waals surface area contributed by atoms with E-state index < -0.39 is 15.8 Å². The second-order valence-corrected chi connectivity index (χ2v) is 8.17. The van der Waals surface area contributed by atoms with Gasteiger partial charge in [-0.1, -0.05) is 6.07 Å². The maximum absolute atomic E-state index is 13.6. The number of hydrogen-bond donors (Lipinski definition) is 2. The largest absolute Gasteiger partial charge is 0.355 e. The molecule has 0 fully saturated rings. The van der Waals surface area contributed by atoms with E-state index >= 15 is 0 Å². The minimum atomic E-state index is -3.61. The second kappa shape index (κ2) is 8.90. The summed E-state index contributed by atoms with van der Waals surface area (Å²) in [6.07, 6.45) is 1.96. The minimum absolute atomic E-state index is 0.167. The van der Waals surface area contributed by atoms with Crippen molar-refractivity contribution < 1.29 is 12.8 Å². The molecule has 7 nitrogen and oxygen atoms in total. The summed E-state index contributed by atoms with van der Waals surface area (Å²) in [6, 6.07) is 8.22. The average Bonchev–Trinajstić information content (AvgIpc) is 2.99. The average molecular weight is 396 g/mol. The normalized spacial score (nSPS) is 12.1. The zero-order chi connectivity index (χ0) is 20.0. The van der Waals surface area contributed by atoms with Crippen LogP contribution >= 0.6 is 0 Å². The van der Waals surface area contributed by atoms with Crippen molar-refractivity contribution in [2.75, 3.05) is 31.1 Å². The molecule has 0 amide bonds. The molecule has 2 aromatic rings. The third-order valence-electron chi connectivity index (χ3n) is 4.12. The van der Waals surface area contributed by atoms with E-state index in [1.807, 2.05) is 41.9 Å². The van der Waals surface area contributed by atoms with Gasteiger partial charge in [0.25, 0.3) is 0 Å². The summed E-state index contributed by atoms with van der Waals surface area (Å²) in [5.74, 6) is -0.0247. The molecule has 2 rings (SSSR count). The first-order valence-electron chi connectivity index (χ1n) is 8.50. The fourth-order valence-electron chi connectivity index (χ4n) is 2.55. The summed E-state index contributed by atoms with van der Waals surface area (Å²) in [4.78, 5) is 6.09. The van der Waals surface area contributed by atoms with Crippen LogP contribution < -0.4 is 10.0 Å². The molecule has 2 N–H and O–H groups in total. The highest BCUT2D eigenvalue weighted by atomic mass is 32.2. The van der Waals surface area contributed by atoms with E-state index in [1.165, 1.54) is 18.2 Å². The highest BCUT2D eigenvalue weighted by Gasteiger charge is 2.13. The lowest BCUT2D eigenvalue weighted by Crippen LogP contribution is -2.41. The van der Waals surface area contributed by atoms with Gasteiger partial charge < -0.3 is 14.8 Å². The number of rotatable bonds is 7. The smallest absolute Gasteiger partial charge is 0.234 e. The van der Waals surface area contributed by atoms with Crippen molar-refractivity contribution in [1.29, 1.82) is 0 Å². The lowest BCUT2D eigenvalue weighted by atomic mass is 10.2. The van der Waals surface area contributed by atoms with Gasteiger partial charge in [-0.2, -0.15) is 0 Å². The maximum Gasteiger partial charge on any atom is 0.234 e. The van der Waals surface area contributed by atoms with Gasteiger partial charge in [-0.15, -0.1) is 0 Å².